The zero-order valence-electron chi connectivity index (χ0n) is 10.1. The van der Waals surface area contributed by atoms with Crippen LogP contribution in [0.5, 0.6) is 5.75 Å². The van der Waals surface area contributed by atoms with E-state index >= 15 is 0 Å². The molecule has 17 heavy (non-hydrogen) atoms. The number of benzene rings is 1. The van der Waals surface area contributed by atoms with Crippen molar-refractivity contribution in [1.82, 2.24) is 0 Å². The fraction of sp³-hybridized carbons (Fsp3) is 0.571. The molecule has 1 atom stereocenters. The number of phenolic OH excluding ortho intramolecular Hbond substituents is 1. The second kappa shape index (κ2) is 5.07. The third kappa shape index (κ3) is 3.20. The largest absolute Gasteiger partial charge is 0.508 e. The SMILES string of the molecule is NCC(CO)(Cc1cccc(O)c1)CC1CC1. The lowest BCUT2D eigenvalue weighted by Crippen LogP contribution is -2.37. The Bertz CT molecular complexity index is 370. The lowest BCUT2D eigenvalue weighted by atomic mass is 9.78. The van der Waals surface area contributed by atoms with E-state index in [1.807, 2.05) is 12.1 Å². The van der Waals surface area contributed by atoms with E-state index in [0.717, 1.165) is 24.3 Å². The number of rotatable bonds is 6. The lowest BCUT2D eigenvalue weighted by molar-refractivity contribution is 0.115. The van der Waals surface area contributed by atoms with Crippen LogP contribution in [0.25, 0.3) is 0 Å². The fourth-order valence-corrected chi connectivity index (χ4v) is 2.45. The first kappa shape index (κ1) is 12.4. The minimum atomic E-state index is -0.213. The molecule has 4 N–H and O–H groups in total. The Kier molecular flexibility index (Phi) is 3.69. The molecule has 0 aliphatic heterocycles. The molecule has 0 radical (unpaired) electrons. The summed E-state index contributed by atoms with van der Waals surface area (Å²) in [5.41, 5.74) is 6.69. The molecule has 0 heterocycles. The van der Waals surface area contributed by atoms with Crippen molar-refractivity contribution in [3.63, 3.8) is 0 Å². The predicted molar refractivity (Wildman–Crippen MR) is 67.7 cm³/mol. The van der Waals surface area contributed by atoms with Gasteiger partial charge in [0.05, 0.1) is 6.61 Å². The molecule has 0 amide bonds. The number of aliphatic hydroxyl groups excluding tert-OH is 1. The predicted octanol–water partition coefficient (Wildman–Crippen LogP) is 1.67. The molecule has 0 aromatic heterocycles. The van der Waals surface area contributed by atoms with Crippen LogP contribution in [0.4, 0.5) is 0 Å². The van der Waals surface area contributed by atoms with Gasteiger partial charge in [-0.15, -0.1) is 0 Å². The molecule has 1 aliphatic rings. The van der Waals surface area contributed by atoms with E-state index in [1.165, 1.54) is 12.8 Å². The summed E-state index contributed by atoms with van der Waals surface area (Å²) in [4.78, 5) is 0. The van der Waals surface area contributed by atoms with Crippen molar-refractivity contribution in [2.75, 3.05) is 13.2 Å². The van der Waals surface area contributed by atoms with Gasteiger partial charge >= 0.3 is 0 Å². The van der Waals surface area contributed by atoms with E-state index in [2.05, 4.69) is 0 Å². The molecule has 3 nitrogen and oxygen atoms in total. The fourth-order valence-electron chi connectivity index (χ4n) is 2.45. The van der Waals surface area contributed by atoms with Gasteiger partial charge in [0.2, 0.25) is 0 Å². The van der Waals surface area contributed by atoms with Crippen molar-refractivity contribution in [3.05, 3.63) is 29.8 Å². The molecule has 94 valence electrons. The number of phenols is 1. The summed E-state index contributed by atoms with van der Waals surface area (Å²) in [5.74, 6) is 1.01. The first-order valence-electron chi connectivity index (χ1n) is 6.26. The maximum Gasteiger partial charge on any atom is 0.115 e. The highest BCUT2D eigenvalue weighted by Crippen LogP contribution is 2.41. The summed E-state index contributed by atoms with van der Waals surface area (Å²) in [7, 11) is 0. The summed E-state index contributed by atoms with van der Waals surface area (Å²) in [6, 6.07) is 7.23. The van der Waals surface area contributed by atoms with Crippen molar-refractivity contribution in [3.8, 4) is 5.75 Å². The quantitative estimate of drug-likeness (QED) is 0.702. The Hall–Kier alpha value is -1.06. The summed E-state index contributed by atoms with van der Waals surface area (Å²) in [6.07, 6.45) is 4.27. The highest BCUT2D eigenvalue weighted by Gasteiger charge is 2.35. The Morgan fingerprint density at radius 2 is 2.12 bits per heavy atom. The van der Waals surface area contributed by atoms with E-state index in [4.69, 9.17) is 5.73 Å². The lowest BCUT2D eigenvalue weighted by Gasteiger charge is -2.30. The standard InChI is InChI=1S/C14H21NO2/c15-9-14(10-16,7-11-4-5-11)8-12-2-1-3-13(17)6-12/h1-3,6,11,16-17H,4-5,7-10,15H2. The van der Waals surface area contributed by atoms with Gasteiger partial charge in [-0.05, 0) is 36.5 Å². The van der Waals surface area contributed by atoms with Gasteiger partial charge in [-0.2, -0.15) is 0 Å². The Labute approximate surface area is 102 Å². The van der Waals surface area contributed by atoms with Gasteiger partial charge < -0.3 is 15.9 Å². The van der Waals surface area contributed by atoms with Gasteiger partial charge in [-0.3, -0.25) is 0 Å². The zero-order valence-corrected chi connectivity index (χ0v) is 10.1. The molecule has 1 fully saturated rings. The van der Waals surface area contributed by atoms with E-state index in [-0.39, 0.29) is 17.8 Å². The molecule has 1 aromatic rings. The van der Waals surface area contributed by atoms with Crippen LogP contribution in [0.3, 0.4) is 0 Å². The van der Waals surface area contributed by atoms with E-state index in [1.54, 1.807) is 12.1 Å². The van der Waals surface area contributed by atoms with Crippen molar-refractivity contribution >= 4 is 0 Å². The molecule has 0 saturated heterocycles. The number of aromatic hydroxyl groups is 1. The van der Waals surface area contributed by atoms with Crippen LogP contribution in [-0.4, -0.2) is 23.4 Å². The van der Waals surface area contributed by atoms with Gasteiger partial charge in [0.15, 0.2) is 0 Å². The Morgan fingerprint density at radius 1 is 1.35 bits per heavy atom. The Balaban J connectivity index is 2.10. The molecule has 1 unspecified atom stereocenters. The van der Waals surface area contributed by atoms with Crippen molar-refractivity contribution in [1.29, 1.82) is 0 Å². The van der Waals surface area contributed by atoms with Crippen LogP contribution in [0.15, 0.2) is 24.3 Å². The number of hydrogen-bond acceptors (Lipinski definition) is 3. The minimum absolute atomic E-state index is 0.121. The Morgan fingerprint density at radius 3 is 2.65 bits per heavy atom. The van der Waals surface area contributed by atoms with Crippen molar-refractivity contribution in [2.45, 2.75) is 25.7 Å². The first-order valence-corrected chi connectivity index (χ1v) is 6.26. The molecular weight excluding hydrogens is 214 g/mol. The maximum absolute atomic E-state index is 9.64. The maximum atomic E-state index is 9.64. The molecule has 1 saturated carbocycles. The molecule has 1 aromatic carbocycles. The first-order chi connectivity index (χ1) is 8.17. The van der Waals surface area contributed by atoms with E-state index < -0.39 is 0 Å². The average molecular weight is 235 g/mol. The zero-order chi connectivity index (χ0) is 12.3. The molecule has 2 rings (SSSR count). The molecule has 0 bridgehead atoms. The number of nitrogens with two attached hydrogens (primary N) is 1. The van der Waals surface area contributed by atoms with E-state index in [0.29, 0.717) is 6.54 Å². The summed E-state index contributed by atoms with van der Waals surface area (Å²) < 4.78 is 0. The van der Waals surface area contributed by atoms with Gasteiger partial charge in [-0.1, -0.05) is 25.0 Å². The second-order valence-electron chi connectivity index (χ2n) is 5.36. The molecule has 3 heteroatoms. The number of hydrogen-bond donors (Lipinski definition) is 3. The summed E-state index contributed by atoms with van der Waals surface area (Å²) in [5, 5.41) is 19.1. The summed E-state index contributed by atoms with van der Waals surface area (Å²) in [6.45, 7) is 0.616. The van der Waals surface area contributed by atoms with Crippen LogP contribution in [0.1, 0.15) is 24.8 Å². The van der Waals surface area contributed by atoms with Gasteiger partial charge in [0.25, 0.3) is 0 Å². The summed E-state index contributed by atoms with van der Waals surface area (Å²) >= 11 is 0. The van der Waals surface area contributed by atoms with Crippen molar-refractivity contribution < 1.29 is 10.2 Å². The third-order valence-corrected chi connectivity index (χ3v) is 3.68. The smallest absolute Gasteiger partial charge is 0.115 e. The third-order valence-electron chi connectivity index (χ3n) is 3.68. The normalized spacial score (nSPS) is 18.9. The van der Waals surface area contributed by atoms with Crippen LogP contribution < -0.4 is 5.73 Å². The van der Waals surface area contributed by atoms with Crippen LogP contribution in [0.2, 0.25) is 0 Å². The number of aliphatic hydroxyl groups is 1. The minimum Gasteiger partial charge on any atom is -0.508 e. The molecule has 0 spiro atoms. The van der Waals surface area contributed by atoms with Crippen LogP contribution >= 0.6 is 0 Å². The van der Waals surface area contributed by atoms with Gasteiger partial charge in [0, 0.05) is 12.0 Å². The second-order valence-corrected chi connectivity index (χ2v) is 5.36. The van der Waals surface area contributed by atoms with Crippen molar-refractivity contribution in [2.24, 2.45) is 17.1 Å². The highest BCUT2D eigenvalue weighted by molar-refractivity contribution is 5.28. The van der Waals surface area contributed by atoms with Gasteiger partial charge in [-0.25, -0.2) is 0 Å². The molecule has 1 aliphatic carbocycles. The van der Waals surface area contributed by atoms with E-state index in [9.17, 15) is 10.2 Å². The van der Waals surface area contributed by atoms with Crippen LogP contribution in [-0.2, 0) is 6.42 Å². The van der Waals surface area contributed by atoms with Gasteiger partial charge in [0.1, 0.15) is 5.75 Å². The monoisotopic (exact) mass is 235 g/mol. The topological polar surface area (TPSA) is 66.5 Å². The van der Waals surface area contributed by atoms with Crippen LogP contribution in [0, 0.1) is 11.3 Å². The molecular formula is C14H21NO2. The average Bonchev–Trinajstić information content (AvgIpc) is 3.12. The highest BCUT2D eigenvalue weighted by atomic mass is 16.3.